The van der Waals surface area contributed by atoms with Crippen LogP contribution >= 0.6 is 11.5 Å². The van der Waals surface area contributed by atoms with Crippen molar-refractivity contribution in [3.05, 3.63) is 0 Å². The second-order valence-corrected chi connectivity index (χ2v) is 8.67. The van der Waals surface area contributed by atoms with E-state index in [0.29, 0.717) is 12.0 Å². The number of nitrogens with zero attached hydrogens (tertiary/aromatic N) is 2. The summed E-state index contributed by atoms with van der Waals surface area (Å²) in [6, 6.07) is 0.481. The number of nitrogen functional groups attached to an aromatic ring is 1. The van der Waals surface area contributed by atoms with E-state index in [0.717, 1.165) is 24.4 Å². The lowest BCUT2D eigenvalue weighted by molar-refractivity contribution is 0.363. The van der Waals surface area contributed by atoms with Crippen molar-refractivity contribution in [2.45, 2.75) is 50.0 Å². The van der Waals surface area contributed by atoms with Gasteiger partial charge in [0, 0.05) is 12.6 Å². The summed E-state index contributed by atoms with van der Waals surface area (Å²) in [5.41, 5.74) is 5.84. The maximum atomic E-state index is 12.3. The number of aromatic nitrogens is 1. The van der Waals surface area contributed by atoms with Crippen LogP contribution < -0.4 is 10.6 Å². The third-order valence-electron chi connectivity index (χ3n) is 4.60. The highest BCUT2D eigenvalue weighted by Crippen LogP contribution is 2.44. The highest BCUT2D eigenvalue weighted by Gasteiger charge is 2.38. The van der Waals surface area contributed by atoms with Gasteiger partial charge in [0.25, 0.3) is 0 Å². The summed E-state index contributed by atoms with van der Waals surface area (Å²) in [5.74, 6) is 0.959. The third kappa shape index (κ3) is 2.20. The molecule has 1 saturated carbocycles. The van der Waals surface area contributed by atoms with Crippen LogP contribution in [0.1, 0.15) is 39.0 Å². The van der Waals surface area contributed by atoms with E-state index in [1.54, 1.807) is 6.92 Å². The quantitative estimate of drug-likeness (QED) is 0.926. The van der Waals surface area contributed by atoms with Gasteiger partial charge in [0.1, 0.15) is 9.90 Å². The fourth-order valence-corrected chi connectivity index (χ4v) is 5.99. The molecule has 0 spiro atoms. The van der Waals surface area contributed by atoms with Gasteiger partial charge < -0.3 is 10.6 Å². The molecule has 0 radical (unpaired) electrons. The second kappa shape index (κ2) is 5.18. The van der Waals surface area contributed by atoms with Gasteiger partial charge in [-0.15, -0.1) is 0 Å². The summed E-state index contributed by atoms with van der Waals surface area (Å²) >= 11 is 1.25. The molecular formula is C13H21N3O2S2. The molecular weight excluding hydrogens is 294 g/mol. The van der Waals surface area contributed by atoms with Crippen molar-refractivity contribution in [2.75, 3.05) is 22.9 Å². The van der Waals surface area contributed by atoms with Crippen LogP contribution in [0.4, 0.5) is 10.8 Å². The molecule has 3 rings (SSSR count). The number of hydrogen-bond acceptors (Lipinski definition) is 6. The van der Waals surface area contributed by atoms with E-state index in [1.807, 2.05) is 0 Å². The molecule has 1 aliphatic heterocycles. The molecule has 7 heteroatoms. The fourth-order valence-electron chi connectivity index (χ4n) is 3.61. The summed E-state index contributed by atoms with van der Waals surface area (Å²) < 4.78 is 28.7. The highest BCUT2D eigenvalue weighted by atomic mass is 32.2. The molecule has 20 heavy (non-hydrogen) atoms. The van der Waals surface area contributed by atoms with Crippen molar-refractivity contribution in [1.29, 1.82) is 0 Å². The summed E-state index contributed by atoms with van der Waals surface area (Å²) in [7, 11) is -3.31. The van der Waals surface area contributed by atoms with E-state index in [2.05, 4.69) is 9.27 Å². The zero-order valence-electron chi connectivity index (χ0n) is 11.7. The monoisotopic (exact) mass is 315 g/mol. The Hall–Kier alpha value is -0.820. The Morgan fingerprint density at radius 1 is 1.35 bits per heavy atom. The number of piperidine rings is 1. The Bertz CT molecular complexity index is 597. The lowest BCUT2D eigenvalue weighted by Gasteiger charge is -2.38. The number of nitrogens with two attached hydrogens (primary N) is 1. The molecule has 2 aliphatic rings. The Morgan fingerprint density at radius 2 is 2.10 bits per heavy atom. The van der Waals surface area contributed by atoms with Crippen molar-refractivity contribution in [1.82, 2.24) is 4.37 Å². The largest absolute Gasteiger partial charge is 0.382 e. The van der Waals surface area contributed by atoms with Gasteiger partial charge in [-0.1, -0.05) is 13.3 Å². The second-order valence-electron chi connectivity index (χ2n) is 5.70. The van der Waals surface area contributed by atoms with Gasteiger partial charge in [-0.05, 0) is 43.1 Å². The molecule has 1 saturated heterocycles. The lowest BCUT2D eigenvalue weighted by Crippen LogP contribution is -2.42. The molecule has 1 aromatic heterocycles. The Labute approximate surface area is 124 Å². The van der Waals surface area contributed by atoms with Crippen molar-refractivity contribution in [2.24, 2.45) is 5.92 Å². The molecule has 112 valence electrons. The first kappa shape index (κ1) is 14.1. The third-order valence-corrected chi connectivity index (χ3v) is 7.42. The Kier molecular flexibility index (Phi) is 3.66. The first-order valence-corrected chi connectivity index (χ1v) is 9.71. The minimum Gasteiger partial charge on any atom is -0.382 e. The highest BCUT2D eigenvalue weighted by molar-refractivity contribution is 7.91. The first-order chi connectivity index (χ1) is 9.54. The molecule has 1 aromatic rings. The number of rotatable bonds is 3. The molecule has 2 unspecified atom stereocenters. The minimum atomic E-state index is -3.31. The van der Waals surface area contributed by atoms with E-state index in [1.165, 1.54) is 30.8 Å². The minimum absolute atomic E-state index is 0.0740. The zero-order valence-corrected chi connectivity index (χ0v) is 13.3. The summed E-state index contributed by atoms with van der Waals surface area (Å²) in [5, 5.41) is 0.779. The van der Waals surface area contributed by atoms with Gasteiger partial charge in [0.15, 0.2) is 15.7 Å². The lowest BCUT2D eigenvalue weighted by atomic mass is 9.92. The zero-order chi connectivity index (χ0) is 14.3. The number of anilines is 2. The molecule has 0 amide bonds. The topological polar surface area (TPSA) is 76.3 Å². The standard InChI is InChI=1S/C13H21N3O2S2/c1-2-20(17,18)11-12(14)15-19-13(11)16-8-4-6-9-5-3-7-10(9)16/h9-10H,2-8H2,1H3,(H2,14,15). The predicted octanol–water partition coefficient (Wildman–Crippen LogP) is 2.29. The van der Waals surface area contributed by atoms with E-state index in [9.17, 15) is 8.42 Å². The van der Waals surface area contributed by atoms with Crippen LogP contribution in [0.3, 0.4) is 0 Å². The molecule has 2 fully saturated rings. The fraction of sp³-hybridized carbons (Fsp3) is 0.769. The van der Waals surface area contributed by atoms with Gasteiger partial charge in [0.2, 0.25) is 0 Å². The van der Waals surface area contributed by atoms with Gasteiger partial charge in [-0.25, -0.2) is 8.42 Å². The number of hydrogen-bond donors (Lipinski definition) is 1. The number of sulfone groups is 1. The van der Waals surface area contributed by atoms with E-state index in [-0.39, 0.29) is 16.5 Å². The number of fused-ring (bicyclic) bond motifs is 1. The van der Waals surface area contributed by atoms with Crippen LogP contribution in [0, 0.1) is 5.92 Å². The van der Waals surface area contributed by atoms with E-state index < -0.39 is 9.84 Å². The van der Waals surface area contributed by atoms with Crippen LogP contribution in [0.25, 0.3) is 0 Å². The smallest absolute Gasteiger partial charge is 0.184 e. The maximum absolute atomic E-state index is 12.3. The Balaban J connectivity index is 2.02. The van der Waals surface area contributed by atoms with Gasteiger partial charge in [-0.2, -0.15) is 4.37 Å². The van der Waals surface area contributed by atoms with Crippen LogP contribution in [-0.4, -0.2) is 31.1 Å². The Morgan fingerprint density at radius 3 is 2.85 bits per heavy atom. The average molecular weight is 315 g/mol. The van der Waals surface area contributed by atoms with Gasteiger partial charge >= 0.3 is 0 Å². The van der Waals surface area contributed by atoms with Crippen LogP contribution in [-0.2, 0) is 9.84 Å². The van der Waals surface area contributed by atoms with Crippen molar-refractivity contribution in [3.8, 4) is 0 Å². The molecule has 2 heterocycles. The molecule has 0 bridgehead atoms. The van der Waals surface area contributed by atoms with Gasteiger partial charge in [-0.3, -0.25) is 0 Å². The summed E-state index contributed by atoms with van der Waals surface area (Å²) in [6.45, 7) is 2.58. The molecule has 0 aromatic carbocycles. The summed E-state index contributed by atoms with van der Waals surface area (Å²) in [4.78, 5) is 2.55. The van der Waals surface area contributed by atoms with Crippen LogP contribution in [0.5, 0.6) is 0 Å². The first-order valence-electron chi connectivity index (χ1n) is 7.29. The SMILES string of the molecule is CCS(=O)(=O)c1c(N)nsc1N1CCCC2CCCC21. The van der Waals surface area contributed by atoms with Crippen LogP contribution in [0.15, 0.2) is 4.90 Å². The van der Waals surface area contributed by atoms with Crippen molar-refractivity contribution in [3.63, 3.8) is 0 Å². The van der Waals surface area contributed by atoms with Crippen molar-refractivity contribution >= 4 is 32.2 Å². The summed E-state index contributed by atoms with van der Waals surface area (Å²) in [6.07, 6.45) is 6.07. The van der Waals surface area contributed by atoms with Crippen LogP contribution in [0.2, 0.25) is 0 Å². The maximum Gasteiger partial charge on any atom is 0.184 e. The predicted molar refractivity (Wildman–Crippen MR) is 82.0 cm³/mol. The van der Waals surface area contributed by atoms with Gasteiger partial charge in [0.05, 0.1) is 5.75 Å². The molecule has 2 atom stereocenters. The van der Waals surface area contributed by atoms with E-state index in [4.69, 9.17) is 5.73 Å². The molecule has 1 aliphatic carbocycles. The molecule has 5 nitrogen and oxygen atoms in total. The average Bonchev–Trinajstić information content (AvgIpc) is 3.04. The van der Waals surface area contributed by atoms with Crippen molar-refractivity contribution < 1.29 is 8.42 Å². The van der Waals surface area contributed by atoms with E-state index >= 15 is 0 Å². The molecule has 2 N–H and O–H groups in total. The normalized spacial score (nSPS) is 26.8.